The maximum absolute atomic E-state index is 8.62. The van der Waals surface area contributed by atoms with Gasteiger partial charge < -0.3 is 10.4 Å². The summed E-state index contributed by atoms with van der Waals surface area (Å²) in [6.07, 6.45) is 1.92. The fraction of sp³-hybridized carbons (Fsp3) is 0.500. The van der Waals surface area contributed by atoms with Crippen molar-refractivity contribution in [3.8, 4) is 0 Å². The fourth-order valence-electron chi connectivity index (χ4n) is 1.41. The van der Waals surface area contributed by atoms with Crippen molar-refractivity contribution < 1.29 is 5.11 Å². The number of hydrogen-bond donors (Lipinski definition) is 2. The van der Waals surface area contributed by atoms with Gasteiger partial charge in [0.25, 0.3) is 0 Å². The lowest BCUT2D eigenvalue weighted by molar-refractivity contribution is 0.283. The van der Waals surface area contributed by atoms with E-state index in [0.29, 0.717) is 12.6 Å². The van der Waals surface area contributed by atoms with Crippen molar-refractivity contribution in [2.24, 2.45) is 0 Å². The van der Waals surface area contributed by atoms with E-state index in [-0.39, 0.29) is 0 Å². The first-order valence-corrected chi connectivity index (χ1v) is 5.24. The molecular formula is C12H19NO. The normalized spacial score (nSPS) is 12.7. The zero-order valence-electron chi connectivity index (χ0n) is 8.74. The molecule has 0 saturated carbocycles. The van der Waals surface area contributed by atoms with Crippen LogP contribution in [0.25, 0.3) is 0 Å². The van der Waals surface area contributed by atoms with E-state index < -0.39 is 0 Å². The van der Waals surface area contributed by atoms with E-state index in [1.807, 2.05) is 6.07 Å². The summed E-state index contributed by atoms with van der Waals surface area (Å²) in [5.74, 6) is 0. The Kier molecular flexibility index (Phi) is 5.27. The lowest BCUT2D eigenvalue weighted by Crippen LogP contribution is -2.19. The Morgan fingerprint density at radius 3 is 2.57 bits per heavy atom. The van der Waals surface area contributed by atoms with Gasteiger partial charge in [0.15, 0.2) is 0 Å². The van der Waals surface area contributed by atoms with Gasteiger partial charge >= 0.3 is 0 Å². The van der Waals surface area contributed by atoms with Crippen molar-refractivity contribution in [2.75, 3.05) is 13.2 Å². The minimum absolute atomic E-state index is 0.293. The standard InChI is InChI=1S/C12H19NO/c1-11(13-9-5-6-10-14)12-7-3-2-4-8-12/h2-4,7-8,11,13-14H,5-6,9-10H2,1H3/t11-/m0/s1. The Hall–Kier alpha value is -0.860. The van der Waals surface area contributed by atoms with Crippen molar-refractivity contribution in [2.45, 2.75) is 25.8 Å². The molecule has 0 aliphatic rings. The minimum atomic E-state index is 0.293. The van der Waals surface area contributed by atoms with E-state index in [2.05, 4.69) is 36.5 Å². The van der Waals surface area contributed by atoms with E-state index in [4.69, 9.17) is 5.11 Å². The van der Waals surface area contributed by atoms with Crippen molar-refractivity contribution in [3.05, 3.63) is 35.9 Å². The van der Waals surface area contributed by atoms with Crippen LogP contribution in [0.15, 0.2) is 30.3 Å². The van der Waals surface area contributed by atoms with Crippen LogP contribution in [0.4, 0.5) is 0 Å². The topological polar surface area (TPSA) is 32.3 Å². The van der Waals surface area contributed by atoms with Crippen LogP contribution in [-0.2, 0) is 0 Å². The van der Waals surface area contributed by atoms with Crippen molar-refractivity contribution >= 4 is 0 Å². The van der Waals surface area contributed by atoms with Crippen LogP contribution in [0, 0.1) is 0 Å². The summed E-state index contributed by atoms with van der Waals surface area (Å²) in [7, 11) is 0. The maximum atomic E-state index is 8.62. The number of benzene rings is 1. The first-order chi connectivity index (χ1) is 6.84. The molecule has 0 spiro atoms. The molecule has 1 atom stereocenters. The molecule has 1 rings (SSSR count). The Morgan fingerprint density at radius 2 is 1.93 bits per heavy atom. The summed E-state index contributed by atoms with van der Waals surface area (Å²) in [5.41, 5.74) is 1.32. The zero-order valence-corrected chi connectivity index (χ0v) is 8.74. The Labute approximate surface area is 86.0 Å². The lowest BCUT2D eigenvalue weighted by atomic mass is 10.1. The molecule has 0 fully saturated rings. The second kappa shape index (κ2) is 6.57. The van der Waals surface area contributed by atoms with Gasteiger partial charge in [-0.1, -0.05) is 30.3 Å². The van der Waals surface area contributed by atoms with Crippen LogP contribution in [0.5, 0.6) is 0 Å². The summed E-state index contributed by atoms with van der Waals surface area (Å²) in [4.78, 5) is 0. The van der Waals surface area contributed by atoms with Gasteiger partial charge in [-0.05, 0) is 31.9 Å². The largest absolute Gasteiger partial charge is 0.396 e. The molecule has 2 N–H and O–H groups in total. The molecule has 0 aromatic heterocycles. The number of rotatable bonds is 6. The van der Waals surface area contributed by atoms with Gasteiger partial charge in [0, 0.05) is 12.6 Å². The predicted octanol–water partition coefficient (Wildman–Crippen LogP) is 2.11. The number of aliphatic hydroxyl groups excluding tert-OH is 1. The highest BCUT2D eigenvalue weighted by Crippen LogP contribution is 2.10. The summed E-state index contributed by atoms with van der Waals surface area (Å²) < 4.78 is 0. The Balaban J connectivity index is 2.25. The van der Waals surface area contributed by atoms with Gasteiger partial charge in [0.2, 0.25) is 0 Å². The van der Waals surface area contributed by atoms with Crippen molar-refractivity contribution in [1.29, 1.82) is 0 Å². The van der Waals surface area contributed by atoms with Crippen LogP contribution < -0.4 is 5.32 Å². The van der Waals surface area contributed by atoms with E-state index in [1.165, 1.54) is 5.56 Å². The highest BCUT2D eigenvalue weighted by Gasteiger charge is 2.01. The van der Waals surface area contributed by atoms with Crippen LogP contribution in [-0.4, -0.2) is 18.3 Å². The fourth-order valence-corrected chi connectivity index (χ4v) is 1.41. The molecule has 0 bridgehead atoms. The number of unbranched alkanes of at least 4 members (excludes halogenated alkanes) is 1. The quantitative estimate of drug-likeness (QED) is 0.678. The maximum Gasteiger partial charge on any atom is 0.0431 e. The van der Waals surface area contributed by atoms with Crippen LogP contribution >= 0.6 is 0 Å². The van der Waals surface area contributed by atoms with Gasteiger partial charge in [-0.3, -0.25) is 0 Å². The number of hydrogen-bond acceptors (Lipinski definition) is 2. The SMILES string of the molecule is C[C@H](NCCCCO)c1ccccc1. The number of nitrogens with one attached hydrogen (secondary N) is 1. The van der Waals surface area contributed by atoms with Gasteiger partial charge in [-0.2, -0.15) is 0 Å². The molecule has 0 amide bonds. The first-order valence-electron chi connectivity index (χ1n) is 5.24. The summed E-state index contributed by atoms with van der Waals surface area (Å²) in [5, 5.41) is 12.0. The summed E-state index contributed by atoms with van der Waals surface area (Å²) >= 11 is 0. The molecule has 0 radical (unpaired) electrons. The lowest BCUT2D eigenvalue weighted by Gasteiger charge is -2.13. The Morgan fingerprint density at radius 1 is 1.21 bits per heavy atom. The van der Waals surface area contributed by atoms with Crippen molar-refractivity contribution in [3.63, 3.8) is 0 Å². The monoisotopic (exact) mass is 193 g/mol. The third-order valence-corrected chi connectivity index (χ3v) is 2.33. The molecule has 1 aromatic carbocycles. The molecule has 0 aliphatic heterocycles. The predicted molar refractivity (Wildman–Crippen MR) is 59.2 cm³/mol. The molecule has 0 unspecified atom stereocenters. The third-order valence-electron chi connectivity index (χ3n) is 2.33. The molecule has 14 heavy (non-hydrogen) atoms. The number of aliphatic hydroxyl groups is 1. The molecule has 0 heterocycles. The zero-order chi connectivity index (χ0) is 10.2. The second-order valence-corrected chi connectivity index (χ2v) is 3.52. The van der Waals surface area contributed by atoms with Crippen molar-refractivity contribution in [1.82, 2.24) is 5.32 Å². The molecule has 1 aromatic rings. The van der Waals surface area contributed by atoms with E-state index in [1.54, 1.807) is 0 Å². The molecule has 78 valence electrons. The van der Waals surface area contributed by atoms with E-state index in [9.17, 15) is 0 Å². The molecular weight excluding hydrogens is 174 g/mol. The van der Waals surface area contributed by atoms with Gasteiger partial charge in [0.05, 0.1) is 0 Å². The highest BCUT2D eigenvalue weighted by molar-refractivity contribution is 5.17. The van der Waals surface area contributed by atoms with E-state index >= 15 is 0 Å². The first kappa shape index (κ1) is 11.2. The third kappa shape index (κ3) is 3.90. The van der Waals surface area contributed by atoms with E-state index in [0.717, 1.165) is 19.4 Å². The molecule has 0 aliphatic carbocycles. The summed E-state index contributed by atoms with van der Waals surface area (Å²) in [6.45, 7) is 3.42. The molecule has 0 saturated heterocycles. The minimum Gasteiger partial charge on any atom is -0.396 e. The molecule has 2 nitrogen and oxygen atoms in total. The van der Waals surface area contributed by atoms with Crippen LogP contribution in [0.1, 0.15) is 31.4 Å². The average molecular weight is 193 g/mol. The average Bonchev–Trinajstić information content (AvgIpc) is 2.25. The smallest absolute Gasteiger partial charge is 0.0431 e. The van der Waals surface area contributed by atoms with Gasteiger partial charge in [0.1, 0.15) is 0 Å². The summed E-state index contributed by atoms with van der Waals surface area (Å²) in [6, 6.07) is 10.8. The van der Waals surface area contributed by atoms with Crippen LogP contribution in [0.2, 0.25) is 0 Å². The molecule has 2 heteroatoms. The second-order valence-electron chi connectivity index (χ2n) is 3.52. The van der Waals surface area contributed by atoms with Gasteiger partial charge in [-0.15, -0.1) is 0 Å². The van der Waals surface area contributed by atoms with Crippen LogP contribution in [0.3, 0.4) is 0 Å². The Bertz CT molecular complexity index is 235. The van der Waals surface area contributed by atoms with Gasteiger partial charge in [-0.25, -0.2) is 0 Å². The highest BCUT2D eigenvalue weighted by atomic mass is 16.2.